The van der Waals surface area contributed by atoms with Crippen molar-refractivity contribution in [1.29, 1.82) is 0 Å². The Morgan fingerprint density at radius 3 is 2.27 bits per heavy atom. The van der Waals surface area contributed by atoms with Crippen LogP contribution in [0.15, 0.2) is 58.1 Å². The van der Waals surface area contributed by atoms with Gasteiger partial charge in [0.05, 0.1) is 11.3 Å². The maximum absolute atomic E-state index is 11.9. The third-order valence-corrected chi connectivity index (χ3v) is 4.02. The number of rotatable bonds is 4. The molecule has 0 radical (unpaired) electrons. The van der Waals surface area contributed by atoms with Gasteiger partial charge in [-0.15, -0.1) is 0 Å². The summed E-state index contributed by atoms with van der Waals surface area (Å²) in [4.78, 5) is 23.8. The van der Waals surface area contributed by atoms with Gasteiger partial charge in [0.15, 0.2) is 0 Å². The Labute approximate surface area is 128 Å². The van der Waals surface area contributed by atoms with Gasteiger partial charge in [-0.25, -0.2) is 0 Å². The van der Waals surface area contributed by atoms with E-state index in [1.165, 1.54) is 5.56 Å². The minimum absolute atomic E-state index is 0.404. The standard InChI is InChI=1S/C19H17NO2/c1-12-8-9-15(10-13(12)2)16-17(19(22)18(16)21)20-11-14-6-4-3-5-7-14/h3-10,20H,11H2,1-2H3. The second-order valence-electron chi connectivity index (χ2n) is 5.55. The Kier molecular flexibility index (Phi) is 3.63. The fourth-order valence-electron chi connectivity index (χ4n) is 2.52. The van der Waals surface area contributed by atoms with E-state index in [2.05, 4.69) is 5.32 Å². The van der Waals surface area contributed by atoms with Crippen molar-refractivity contribution in [3.05, 3.63) is 85.7 Å². The van der Waals surface area contributed by atoms with Crippen LogP contribution in [0.5, 0.6) is 0 Å². The molecule has 0 spiro atoms. The van der Waals surface area contributed by atoms with Gasteiger partial charge < -0.3 is 5.32 Å². The third-order valence-electron chi connectivity index (χ3n) is 4.02. The molecule has 0 bridgehead atoms. The second-order valence-corrected chi connectivity index (χ2v) is 5.55. The summed E-state index contributed by atoms with van der Waals surface area (Å²) in [6.45, 7) is 4.56. The van der Waals surface area contributed by atoms with Crippen LogP contribution in [-0.4, -0.2) is 0 Å². The highest BCUT2D eigenvalue weighted by molar-refractivity contribution is 5.82. The van der Waals surface area contributed by atoms with Crippen LogP contribution in [-0.2, 0) is 6.54 Å². The Balaban J connectivity index is 1.90. The predicted octanol–water partition coefficient (Wildman–Crippen LogP) is 3.18. The molecule has 0 aliphatic carbocycles. The van der Waals surface area contributed by atoms with E-state index in [9.17, 15) is 9.59 Å². The quantitative estimate of drug-likeness (QED) is 0.751. The Bertz CT molecular complexity index is 888. The van der Waals surface area contributed by atoms with Crippen LogP contribution >= 0.6 is 0 Å². The topological polar surface area (TPSA) is 46.2 Å². The van der Waals surface area contributed by atoms with Crippen LogP contribution in [0.3, 0.4) is 0 Å². The molecule has 3 aromatic carbocycles. The fraction of sp³-hybridized carbons (Fsp3) is 0.158. The predicted molar refractivity (Wildman–Crippen MR) is 90.0 cm³/mol. The second kappa shape index (κ2) is 5.60. The van der Waals surface area contributed by atoms with Gasteiger partial charge in [-0.3, -0.25) is 9.59 Å². The molecule has 0 heterocycles. The molecular formula is C19H17NO2. The molecule has 0 fully saturated rings. The van der Waals surface area contributed by atoms with Crippen LogP contribution < -0.4 is 16.2 Å². The van der Waals surface area contributed by atoms with Crippen molar-refractivity contribution in [3.8, 4) is 11.1 Å². The average molecular weight is 291 g/mol. The molecule has 3 nitrogen and oxygen atoms in total. The summed E-state index contributed by atoms with van der Waals surface area (Å²) >= 11 is 0. The lowest BCUT2D eigenvalue weighted by molar-refractivity contribution is 1.13. The summed E-state index contributed by atoms with van der Waals surface area (Å²) in [5.74, 6) is 0. The largest absolute Gasteiger partial charge is 0.377 e. The Hall–Kier alpha value is -2.68. The van der Waals surface area contributed by atoms with Gasteiger partial charge in [-0.2, -0.15) is 0 Å². The normalized spacial score (nSPS) is 10.8. The fourth-order valence-corrected chi connectivity index (χ4v) is 2.52. The van der Waals surface area contributed by atoms with E-state index in [-0.39, 0.29) is 0 Å². The van der Waals surface area contributed by atoms with E-state index >= 15 is 0 Å². The average Bonchev–Trinajstić information content (AvgIpc) is 2.54. The summed E-state index contributed by atoms with van der Waals surface area (Å²) in [5.41, 5.74) is 4.26. The van der Waals surface area contributed by atoms with Gasteiger partial charge in [-0.1, -0.05) is 48.5 Å². The van der Waals surface area contributed by atoms with Gasteiger partial charge in [0, 0.05) is 6.54 Å². The molecule has 0 amide bonds. The van der Waals surface area contributed by atoms with Crippen LogP contribution in [0.2, 0.25) is 0 Å². The first kappa shape index (κ1) is 14.3. The highest BCUT2D eigenvalue weighted by Gasteiger charge is 2.22. The van der Waals surface area contributed by atoms with Crippen molar-refractivity contribution in [1.82, 2.24) is 0 Å². The molecule has 0 saturated carbocycles. The van der Waals surface area contributed by atoms with E-state index in [1.54, 1.807) is 0 Å². The highest BCUT2D eigenvalue weighted by atomic mass is 16.2. The van der Waals surface area contributed by atoms with Crippen molar-refractivity contribution < 1.29 is 0 Å². The SMILES string of the molecule is Cc1ccc(-c2c(NCc3ccccc3)c(=O)c2=O)cc1C. The first-order valence-corrected chi connectivity index (χ1v) is 7.26. The lowest BCUT2D eigenvalue weighted by atomic mass is 9.95. The van der Waals surface area contributed by atoms with E-state index in [4.69, 9.17) is 0 Å². The smallest absolute Gasteiger partial charge is 0.250 e. The Morgan fingerprint density at radius 1 is 0.864 bits per heavy atom. The van der Waals surface area contributed by atoms with E-state index in [0.29, 0.717) is 17.8 Å². The molecule has 22 heavy (non-hydrogen) atoms. The molecule has 0 aliphatic rings. The summed E-state index contributed by atoms with van der Waals surface area (Å²) in [5, 5.41) is 3.11. The zero-order chi connectivity index (χ0) is 15.7. The van der Waals surface area contributed by atoms with Gasteiger partial charge >= 0.3 is 0 Å². The molecule has 0 saturated heterocycles. The molecule has 0 aliphatic heterocycles. The molecule has 3 rings (SSSR count). The summed E-state index contributed by atoms with van der Waals surface area (Å²) < 4.78 is 0. The van der Waals surface area contributed by atoms with E-state index in [1.807, 2.05) is 62.4 Å². The van der Waals surface area contributed by atoms with Crippen molar-refractivity contribution in [3.63, 3.8) is 0 Å². The zero-order valence-electron chi connectivity index (χ0n) is 12.6. The summed E-state index contributed by atoms with van der Waals surface area (Å²) in [7, 11) is 0. The van der Waals surface area contributed by atoms with E-state index < -0.39 is 10.9 Å². The number of hydrogen-bond acceptors (Lipinski definition) is 3. The molecule has 0 unspecified atom stereocenters. The minimum Gasteiger partial charge on any atom is -0.377 e. The number of aryl methyl sites for hydroxylation is 2. The molecule has 110 valence electrons. The van der Waals surface area contributed by atoms with Crippen LogP contribution in [0, 0.1) is 13.8 Å². The van der Waals surface area contributed by atoms with E-state index in [0.717, 1.165) is 16.7 Å². The molecule has 3 aromatic rings. The number of hydrogen-bond donors (Lipinski definition) is 1. The number of benzene rings is 2. The molecule has 1 N–H and O–H groups in total. The van der Waals surface area contributed by atoms with Crippen molar-refractivity contribution in [2.75, 3.05) is 5.32 Å². The Morgan fingerprint density at radius 2 is 1.59 bits per heavy atom. The van der Waals surface area contributed by atoms with Gasteiger partial charge in [-0.05, 0) is 36.1 Å². The van der Waals surface area contributed by atoms with Crippen molar-refractivity contribution in [2.45, 2.75) is 20.4 Å². The lowest BCUT2D eigenvalue weighted by Gasteiger charge is -2.14. The van der Waals surface area contributed by atoms with Crippen LogP contribution in [0.4, 0.5) is 5.69 Å². The zero-order valence-corrected chi connectivity index (χ0v) is 12.6. The molecular weight excluding hydrogens is 274 g/mol. The van der Waals surface area contributed by atoms with Crippen LogP contribution in [0.1, 0.15) is 16.7 Å². The van der Waals surface area contributed by atoms with Crippen molar-refractivity contribution in [2.24, 2.45) is 0 Å². The van der Waals surface area contributed by atoms with Crippen LogP contribution in [0.25, 0.3) is 11.1 Å². The highest BCUT2D eigenvalue weighted by Crippen LogP contribution is 2.25. The van der Waals surface area contributed by atoms with Gasteiger partial charge in [0.25, 0.3) is 0 Å². The third kappa shape index (κ3) is 2.46. The minimum atomic E-state index is -0.427. The summed E-state index contributed by atoms with van der Waals surface area (Å²) in [6.07, 6.45) is 0. The number of nitrogens with one attached hydrogen (secondary N) is 1. The van der Waals surface area contributed by atoms with Crippen molar-refractivity contribution >= 4 is 5.69 Å². The lowest BCUT2D eigenvalue weighted by Crippen LogP contribution is -2.36. The maximum atomic E-state index is 11.9. The summed E-state index contributed by atoms with van der Waals surface area (Å²) in [6, 6.07) is 15.6. The monoisotopic (exact) mass is 291 g/mol. The van der Waals surface area contributed by atoms with Gasteiger partial charge in [0.2, 0.25) is 10.9 Å². The maximum Gasteiger partial charge on any atom is 0.250 e. The number of anilines is 1. The molecule has 0 aromatic heterocycles. The van der Waals surface area contributed by atoms with Gasteiger partial charge in [0.1, 0.15) is 0 Å². The molecule has 3 heteroatoms. The molecule has 0 atom stereocenters. The first-order chi connectivity index (χ1) is 10.6. The first-order valence-electron chi connectivity index (χ1n) is 7.26.